The molecule has 1 aromatic heterocycles. The third-order valence-corrected chi connectivity index (χ3v) is 7.37. The highest BCUT2D eigenvalue weighted by molar-refractivity contribution is 6.35. The number of aromatic nitrogens is 1. The molecule has 0 radical (unpaired) electrons. The van der Waals surface area contributed by atoms with Crippen molar-refractivity contribution in [2.75, 3.05) is 14.2 Å². The van der Waals surface area contributed by atoms with Crippen LogP contribution in [0.15, 0.2) is 71.1 Å². The van der Waals surface area contributed by atoms with Gasteiger partial charge >= 0.3 is 11.9 Å². The lowest BCUT2D eigenvalue weighted by molar-refractivity contribution is 0.0596. The summed E-state index contributed by atoms with van der Waals surface area (Å²) in [5.74, 6) is -1.67. The minimum absolute atomic E-state index is 0.0170. The van der Waals surface area contributed by atoms with E-state index in [0.717, 1.165) is 22.3 Å². The second kappa shape index (κ2) is 11.5. The molecule has 42 heavy (non-hydrogen) atoms. The summed E-state index contributed by atoms with van der Waals surface area (Å²) in [6, 6.07) is 18.5. The van der Waals surface area contributed by atoms with Crippen LogP contribution in [0.25, 0.3) is 45.6 Å². The molecular weight excluding hydrogens is 561 g/mol. The summed E-state index contributed by atoms with van der Waals surface area (Å²) < 4.78 is 31.5. The number of methoxy groups -OCH3 is 2. The first kappa shape index (κ1) is 28.6. The molecular formula is C33H25ClFNO6. The second-order valence-corrected chi connectivity index (χ2v) is 9.93. The van der Waals surface area contributed by atoms with Crippen LogP contribution in [0.1, 0.15) is 43.0 Å². The number of carbonyl (C=O) groups excluding carboxylic acids is 1. The van der Waals surface area contributed by atoms with Gasteiger partial charge in [0, 0.05) is 11.1 Å². The maximum Gasteiger partial charge on any atom is 0.341 e. The van der Waals surface area contributed by atoms with Gasteiger partial charge in [-0.15, -0.1) is 0 Å². The quantitative estimate of drug-likeness (QED) is 0.151. The summed E-state index contributed by atoms with van der Waals surface area (Å²) in [5, 5.41) is 9.52. The van der Waals surface area contributed by atoms with Crippen molar-refractivity contribution in [3.8, 4) is 28.3 Å². The molecule has 4 aromatic carbocycles. The molecule has 0 bridgehead atoms. The van der Waals surface area contributed by atoms with E-state index in [9.17, 15) is 14.7 Å². The van der Waals surface area contributed by atoms with Gasteiger partial charge in [0.25, 0.3) is 0 Å². The molecule has 0 aliphatic carbocycles. The zero-order valence-electron chi connectivity index (χ0n) is 23.1. The predicted octanol–water partition coefficient (Wildman–Crippen LogP) is 8.39. The smallest absolute Gasteiger partial charge is 0.341 e. The lowest BCUT2D eigenvalue weighted by Crippen LogP contribution is -2.04. The van der Waals surface area contributed by atoms with Gasteiger partial charge in [0.05, 0.1) is 24.8 Å². The van der Waals surface area contributed by atoms with Crippen LogP contribution in [0.3, 0.4) is 0 Å². The normalized spacial score (nSPS) is 11.5. The van der Waals surface area contributed by atoms with E-state index < -0.39 is 17.8 Å². The zero-order valence-corrected chi connectivity index (χ0v) is 23.9. The van der Waals surface area contributed by atoms with Crippen LogP contribution in [0.5, 0.6) is 5.75 Å². The van der Waals surface area contributed by atoms with E-state index in [2.05, 4.69) is 4.98 Å². The number of nitrogens with zero attached hydrogens (tertiary/aromatic N) is 1. The fraction of sp³-hybridized carbons (Fsp3) is 0.121. The van der Waals surface area contributed by atoms with Crippen LogP contribution in [-0.2, 0) is 4.74 Å². The topological polar surface area (TPSA) is 98.9 Å². The molecule has 9 heteroatoms. The number of halogens is 2. The van der Waals surface area contributed by atoms with E-state index in [-0.39, 0.29) is 27.5 Å². The largest absolute Gasteiger partial charge is 0.496 e. The van der Waals surface area contributed by atoms with E-state index in [4.69, 9.17) is 25.5 Å². The van der Waals surface area contributed by atoms with Gasteiger partial charge in [0.1, 0.15) is 22.7 Å². The molecule has 5 rings (SSSR count). The van der Waals surface area contributed by atoms with Crippen molar-refractivity contribution < 1.29 is 33.0 Å². The Balaban J connectivity index is 1.54. The van der Waals surface area contributed by atoms with Gasteiger partial charge in [-0.25, -0.2) is 19.0 Å². The number of carbonyl (C=O) groups is 2. The molecule has 7 nitrogen and oxygen atoms in total. The molecule has 5 aromatic rings. The van der Waals surface area contributed by atoms with E-state index >= 15 is 4.39 Å². The van der Waals surface area contributed by atoms with Crippen molar-refractivity contribution in [3.63, 3.8) is 0 Å². The number of fused-ring (bicyclic) bond motifs is 1. The number of rotatable bonds is 7. The van der Waals surface area contributed by atoms with Crippen LogP contribution in [-0.4, -0.2) is 36.2 Å². The van der Waals surface area contributed by atoms with E-state index in [1.165, 1.54) is 50.6 Å². The number of esters is 1. The Morgan fingerprint density at radius 1 is 0.929 bits per heavy atom. The Labute approximate surface area is 245 Å². The van der Waals surface area contributed by atoms with Gasteiger partial charge in [0.15, 0.2) is 5.58 Å². The van der Waals surface area contributed by atoms with Gasteiger partial charge in [-0.05, 0) is 78.1 Å². The fourth-order valence-electron chi connectivity index (χ4n) is 4.83. The molecule has 1 N–H and O–H groups in total. The van der Waals surface area contributed by atoms with E-state index in [1.807, 2.05) is 50.2 Å². The predicted molar refractivity (Wildman–Crippen MR) is 160 cm³/mol. The van der Waals surface area contributed by atoms with Crippen molar-refractivity contribution in [1.82, 2.24) is 4.98 Å². The highest BCUT2D eigenvalue weighted by Gasteiger charge is 2.19. The second-order valence-electron chi connectivity index (χ2n) is 9.53. The molecule has 212 valence electrons. The standard InChI is InChI=1S/C33H25ClFNO6/c1-17-19(14-27(35)20-11-12-25(33(39)41-4)29(16-20)40-3)7-5-8-22(17)23-9-6-10-24(18(23)2)31-36-28-15-21(32(37)38)13-26(34)30(28)42-31/h5-16H,1-4H3,(H,37,38). The Morgan fingerprint density at radius 2 is 1.62 bits per heavy atom. The van der Waals surface area contributed by atoms with E-state index in [0.29, 0.717) is 28.1 Å². The van der Waals surface area contributed by atoms with Crippen LogP contribution in [0, 0.1) is 13.8 Å². The number of hydrogen-bond acceptors (Lipinski definition) is 6. The SMILES string of the molecule is COC(=O)c1ccc(C(F)=Cc2cccc(-c3cccc(-c4nc5cc(C(=O)O)cc(Cl)c5o4)c3C)c2C)cc1OC. The lowest BCUT2D eigenvalue weighted by atomic mass is 9.91. The monoisotopic (exact) mass is 585 g/mol. The maximum absolute atomic E-state index is 15.5. The molecule has 0 aliphatic rings. The van der Waals surface area contributed by atoms with Crippen molar-refractivity contribution in [3.05, 3.63) is 105 Å². The van der Waals surface area contributed by atoms with Crippen molar-refractivity contribution in [2.24, 2.45) is 0 Å². The van der Waals surface area contributed by atoms with Gasteiger partial charge in [-0.1, -0.05) is 48.0 Å². The summed E-state index contributed by atoms with van der Waals surface area (Å²) in [6.07, 6.45) is 1.44. The zero-order chi connectivity index (χ0) is 30.1. The first-order valence-corrected chi connectivity index (χ1v) is 13.2. The minimum Gasteiger partial charge on any atom is -0.496 e. The maximum atomic E-state index is 15.5. The van der Waals surface area contributed by atoms with Crippen LogP contribution in [0.2, 0.25) is 5.02 Å². The molecule has 1 heterocycles. The molecule has 0 amide bonds. The molecule has 0 fully saturated rings. The van der Waals surface area contributed by atoms with Crippen molar-refractivity contribution >= 4 is 46.5 Å². The fourth-order valence-corrected chi connectivity index (χ4v) is 5.08. The number of carboxylic acid groups (broad SMARTS) is 1. The summed E-state index contributed by atoms with van der Waals surface area (Å²) in [5.41, 5.74) is 5.98. The van der Waals surface area contributed by atoms with Crippen LogP contribution < -0.4 is 4.74 Å². The van der Waals surface area contributed by atoms with Gasteiger partial charge in [-0.2, -0.15) is 0 Å². The average Bonchev–Trinajstić information content (AvgIpc) is 3.42. The number of aromatic carboxylic acids is 1. The highest BCUT2D eigenvalue weighted by atomic mass is 35.5. The Bertz CT molecular complexity index is 1910. The molecule has 0 unspecified atom stereocenters. The van der Waals surface area contributed by atoms with Crippen LogP contribution >= 0.6 is 11.6 Å². The number of oxazole rings is 1. The number of benzene rings is 4. The molecule has 0 spiro atoms. The summed E-state index contributed by atoms with van der Waals surface area (Å²) in [7, 11) is 2.67. The average molecular weight is 586 g/mol. The third-order valence-electron chi connectivity index (χ3n) is 7.09. The van der Waals surface area contributed by atoms with Gasteiger partial charge in [0.2, 0.25) is 5.89 Å². The van der Waals surface area contributed by atoms with Gasteiger partial charge in [-0.3, -0.25) is 0 Å². The summed E-state index contributed by atoms with van der Waals surface area (Å²) in [6.45, 7) is 3.84. The van der Waals surface area contributed by atoms with Crippen LogP contribution in [0.4, 0.5) is 4.39 Å². The minimum atomic E-state index is -1.11. The van der Waals surface area contributed by atoms with Crippen molar-refractivity contribution in [2.45, 2.75) is 13.8 Å². The Morgan fingerprint density at radius 3 is 2.31 bits per heavy atom. The molecule has 0 saturated heterocycles. The van der Waals surface area contributed by atoms with Crippen molar-refractivity contribution in [1.29, 1.82) is 0 Å². The highest BCUT2D eigenvalue weighted by Crippen LogP contribution is 2.37. The molecule has 0 aliphatic heterocycles. The van der Waals surface area contributed by atoms with Gasteiger partial charge < -0.3 is 19.0 Å². The summed E-state index contributed by atoms with van der Waals surface area (Å²) >= 11 is 6.28. The Hall–Kier alpha value is -4.95. The number of ether oxygens (including phenoxy) is 2. The first-order chi connectivity index (χ1) is 20.1. The number of carboxylic acids is 1. The third kappa shape index (κ3) is 5.24. The number of hydrogen-bond donors (Lipinski definition) is 1. The first-order valence-electron chi connectivity index (χ1n) is 12.8. The Kier molecular flexibility index (Phi) is 7.83. The summed E-state index contributed by atoms with van der Waals surface area (Å²) in [4.78, 5) is 27.9. The molecule has 0 saturated carbocycles. The molecule has 0 atom stereocenters. The lowest BCUT2D eigenvalue weighted by Gasteiger charge is -2.14. The van der Waals surface area contributed by atoms with E-state index in [1.54, 1.807) is 0 Å².